The van der Waals surface area contributed by atoms with Crippen LogP contribution in [0.2, 0.25) is 10.0 Å². The quantitative estimate of drug-likeness (QED) is 0.230. The van der Waals surface area contributed by atoms with Gasteiger partial charge >= 0.3 is 12.6 Å². The van der Waals surface area contributed by atoms with E-state index in [1.807, 2.05) is 0 Å². The number of sulfonamides is 1. The number of carbonyl (C=O) groups excluding carboxylic acids is 2. The molecule has 2 heterocycles. The van der Waals surface area contributed by atoms with Crippen LogP contribution in [0, 0.1) is 5.92 Å². The molecule has 1 saturated carbocycles. The van der Waals surface area contributed by atoms with Crippen LogP contribution in [0.25, 0.3) is 0 Å². The van der Waals surface area contributed by atoms with Gasteiger partial charge in [0.15, 0.2) is 30.0 Å². The highest BCUT2D eigenvalue weighted by Crippen LogP contribution is 2.38. The minimum atomic E-state index is -4.13. The van der Waals surface area contributed by atoms with Gasteiger partial charge in [0.1, 0.15) is 16.1 Å². The van der Waals surface area contributed by atoms with Crippen LogP contribution in [0.3, 0.4) is 0 Å². The Morgan fingerprint density at radius 3 is 2.48 bits per heavy atom. The monoisotopic (exact) mass is 728 g/mol. The molecule has 2 aliphatic rings. The zero-order chi connectivity index (χ0) is 34.6. The van der Waals surface area contributed by atoms with Gasteiger partial charge in [0.25, 0.3) is 5.91 Å². The van der Waals surface area contributed by atoms with Crippen molar-refractivity contribution < 1.29 is 50.7 Å². The second kappa shape index (κ2) is 15.3. The van der Waals surface area contributed by atoms with Gasteiger partial charge in [0.2, 0.25) is 10.0 Å². The van der Waals surface area contributed by atoms with Crippen LogP contribution < -0.4 is 14.5 Å². The van der Waals surface area contributed by atoms with Crippen LogP contribution in [-0.2, 0) is 30.7 Å². The van der Waals surface area contributed by atoms with E-state index >= 15 is 0 Å². The van der Waals surface area contributed by atoms with Crippen LogP contribution in [0.5, 0.6) is 11.5 Å². The standard InChI is InChI=1S/C32H33Cl2F2N3O8S/c1-38(2)30(40)21-4-3-5-22(12-21)48(42,43)39-10-11-44-29(17-39)31(41)46-27(14-23-24(33)15-37-16-25(23)34)20-8-9-26(47-32(35)36)28(13-20)45-18-19-6-7-19/h3-5,8-9,12-13,15-16,19,27,29,32H,6-7,10-11,14,17-18H2,1-2H3/p+1/t27-,29?/m0/s1. The van der Waals surface area contributed by atoms with Crippen molar-refractivity contribution in [2.45, 2.75) is 43.0 Å². The Balaban J connectivity index is 1.40. The van der Waals surface area contributed by atoms with E-state index in [-0.39, 0.29) is 64.0 Å². The van der Waals surface area contributed by atoms with Gasteiger partial charge in [0.05, 0.1) is 24.7 Å². The molecule has 2 fully saturated rings. The van der Waals surface area contributed by atoms with E-state index < -0.39 is 34.8 Å². The third-order valence-electron chi connectivity index (χ3n) is 7.79. The van der Waals surface area contributed by atoms with E-state index in [2.05, 4.69) is 9.72 Å². The molecular weight excluding hydrogens is 695 g/mol. The molecule has 0 bridgehead atoms. The van der Waals surface area contributed by atoms with Crippen molar-refractivity contribution >= 4 is 45.1 Å². The number of aromatic nitrogens is 1. The van der Waals surface area contributed by atoms with Crippen molar-refractivity contribution in [3.63, 3.8) is 0 Å². The van der Waals surface area contributed by atoms with Crippen molar-refractivity contribution in [2.24, 2.45) is 5.92 Å². The number of aromatic amines is 1. The van der Waals surface area contributed by atoms with Gasteiger partial charge in [-0.2, -0.15) is 13.1 Å². The molecule has 1 saturated heterocycles. The molecule has 1 aliphatic heterocycles. The molecule has 48 heavy (non-hydrogen) atoms. The first kappa shape index (κ1) is 35.7. The number of carbonyl (C=O) groups is 2. The average Bonchev–Trinajstić information content (AvgIpc) is 3.89. The topological polar surface area (TPSA) is 126 Å². The molecule has 1 amide bonds. The Kier molecular flexibility index (Phi) is 11.4. The molecule has 2 aromatic carbocycles. The summed E-state index contributed by atoms with van der Waals surface area (Å²) in [7, 11) is -1.02. The SMILES string of the molecule is CN(C)C(=O)c1cccc(S(=O)(=O)N2CCOC(C(=O)O[C@@H](Cc3c(Cl)c[nH+]cc3Cl)c3ccc(OC(F)F)c(OCC4CC4)c3)C2)c1. The Hall–Kier alpha value is -3.56. The molecular formula is C32H34Cl2F2N3O8S+. The number of rotatable bonds is 13. The summed E-state index contributed by atoms with van der Waals surface area (Å²) in [5.74, 6) is -1.08. The van der Waals surface area contributed by atoms with Crippen LogP contribution >= 0.6 is 23.2 Å². The summed E-state index contributed by atoms with van der Waals surface area (Å²) in [5, 5.41) is 0.514. The van der Waals surface area contributed by atoms with Gasteiger partial charge in [0, 0.05) is 38.2 Å². The number of halogens is 4. The lowest BCUT2D eigenvalue weighted by molar-refractivity contribution is -0.377. The van der Waals surface area contributed by atoms with E-state index in [1.165, 1.54) is 59.8 Å². The van der Waals surface area contributed by atoms with Crippen molar-refractivity contribution in [2.75, 3.05) is 40.4 Å². The first-order valence-electron chi connectivity index (χ1n) is 15.0. The maximum absolute atomic E-state index is 13.6. The number of esters is 1. The molecule has 5 rings (SSSR count). The second-order valence-corrected chi connectivity index (χ2v) is 14.3. The third kappa shape index (κ3) is 8.72. The number of pyridine rings is 1. The minimum absolute atomic E-state index is 0.0311. The highest BCUT2D eigenvalue weighted by atomic mass is 35.5. The van der Waals surface area contributed by atoms with E-state index in [0.717, 1.165) is 17.1 Å². The van der Waals surface area contributed by atoms with Crippen LogP contribution in [0.15, 0.2) is 59.8 Å². The average molecular weight is 730 g/mol. The van der Waals surface area contributed by atoms with Gasteiger partial charge in [-0.3, -0.25) is 4.79 Å². The third-order valence-corrected chi connectivity index (χ3v) is 10.3. The van der Waals surface area contributed by atoms with Crippen LogP contribution in [0.1, 0.15) is 40.4 Å². The molecule has 258 valence electrons. The number of alkyl halides is 2. The fourth-order valence-electron chi connectivity index (χ4n) is 5.01. The Labute approximate surface area is 286 Å². The fraction of sp³-hybridized carbons (Fsp3) is 0.406. The Morgan fingerprint density at radius 2 is 1.81 bits per heavy atom. The zero-order valence-corrected chi connectivity index (χ0v) is 28.4. The maximum atomic E-state index is 13.6. The second-order valence-electron chi connectivity index (χ2n) is 11.5. The van der Waals surface area contributed by atoms with Gasteiger partial charge < -0.3 is 23.8 Å². The number of hydrogen-bond acceptors (Lipinski definition) is 8. The molecule has 0 radical (unpaired) electrons. The molecule has 1 N–H and O–H groups in total. The minimum Gasteiger partial charge on any atom is -0.489 e. The summed E-state index contributed by atoms with van der Waals surface area (Å²) < 4.78 is 76.7. The molecule has 0 spiro atoms. The summed E-state index contributed by atoms with van der Waals surface area (Å²) >= 11 is 12.8. The summed E-state index contributed by atoms with van der Waals surface area (Å²) in [6.45, 7) is -3.31. The van der Waals surface area contributed by atoms with Gasteiger partial charge in [-0.15, -0.1) is 0 Å². The van der Waals surface area contributed by atoms with E-state index in [9.17, 15) is 26.8 Å². The number of nitrogens with zero attached hydrogens (tertiary/aromatic N) is 2. The highest BCUT2D eigenvalue weighted by Gasteiger charge is 2.37. The van der Waals surface area contributed by atoms with Crippen molar-refractivity contribution in [1.82, 2.24) is 9.21 Å². The Morgan fingerprint density at radius 1 is 1.08 bits per heavy atom. The van der Waals surface area contributed by atoms with Crippen molar-refractivity contribution in [3.05, 3.63) is 81.6 Å². The normalized spacial score (nSPS) is 17.5. The molecule has 1 aliphatic carbocycles. The zero-order valence-electron chi connectivity index (χ0n) is 26.0. The smallest absolute Gasteiger partial charge is 0.387 e. The van der Waals surface area contributed by atoms with Crippen molar-refractivity contribution in [3.8, 4) is 11.5 Å². The van der Waals surface area contributed by atoms with Gasteiger partial charge in [-0.05, 0) is 54.7 Å². The number of ether oxygens (including phenoxy) is 4. The molecule has 1 unspecified atom stereocenters. The Bertz CT molecular complexity index is 1740. The van der Waals surface area contributed by atoms with Gasteiger partial charge in [-0.25, -0.2) is 18.2 Å². The number of benzene rings is 2. The predicted molar refractivity (Wildman–Crippen MR) is 170 cm³/mol. The number of nitrogens with one attached hydrogen (secondary N) is 1. The van der Waals surface area contributed by atoms with E-state index in [0.29, 0.717) is 23.7 Å². The molecule has 2 atom stereocenters. The first-order chi connectivity index (χ1) is 22.8. The summed E-state index contributed by atoms with van der Waals surface area (Å²) in [6.07, 6.45) is 2.49. The summed E-state index contributed by atoms with van der Waals surface area (Å²) in [4.78, 5) is 30.1. The van der Waals surface area contributed by atoms with Crippen LogP contribution in [-0.4, -0.2) is 82.6 Å². The summed E-state index contributed by atoms with van der Waals surface area (Å²) in [6, 6.07) is 9.85. The van der Waals surface area contributed by atoms with Crippen LogP contribution in [0.4, 0.5) is 8.78 Å². The van der Waals surface area contributed by atoms with E-state index in [4.69, 9.17) is 37.4 Å². The number of morpholine rings is 1. The predicted octanol–water partition coefficient (Wildman–Crippen LogP) is 4.82. The lowest BCUT2D eigenvalue weighted by Crippen LogP contribution is -2.49. The summed E-state index contributed by atoms with van der Waals surface area (Å²) in [5.41, 5.74) is 0.983. The highest BCUT2D eigenvalue weighted by molar-refractivity contribution is 7.89. The first-order valence-corrected chi connectivity index (χ1v) is 17.2. The molecule has 16 heteroatoms. The van der Waals surface area contributed by atoms with Crippen molar-refractivity contribution in [1.29, 1.82) is 0 Å². The molecule has 3 aromatic rings. The largest absolute Gasteiger partial charge is 0.489 e. The molecule has 11 nitrogen and oxygen atoms in total. The lowest BCUT2D eigenvalue weighted by Gasteiger charge is -2.32. The number of amides is 1. The van der Waals surface area contributed by atoms with Gasteiger partial charge in [-0.1, -0.05) is 35.3 Å². The fourth-order valence-corrected chi connectivity index (χ4v) is 7.01. The molecule has 1 aromatic heterocycles. The number of H-pyrrole nitrogens is 1. The lowest BCUT2D eigenvalue weighted by atomic mass is 10.0. The maximum Gasteiger partial charge on any atom is 0.387 e. The number of hydrogen-bond donors (Lipinski definition) is 0. The van der Waals surface area contributed by atoms with E-state index in [1.54, 1.807) is 14.1 Å².